The molecule has 1 aliphatic carbocycles. The summed E-state index contributed by atoms with van der Waals surface area (Å²) in [6, 6.07) is 0. The van der Waals surface area contributed by atoms with Crippen LogP contribution in [0.15, 0.2) is 0 Å². The third-order valence-electron chi connectivity index (χ3n) is 4.22. The van der Waals surface area contributed by atoms with Crippen molar-refractivity contribution >= 4 is 5.91 Å². The second kappa shape index (κ2) is 6.53. The number of amides is 1. The van der Waals surface area contributed by atoms with Crippen molar-refractivity contribution in [2.75, 3.05) is 33.7 Å². The summed E-state index contributed by atoms with van der Waals surface area (Å²) in [6.07, 6.45) is 7.89. The molecule has 0 radical (unpaired) electrons. The fourth-order valence-electron chi connectivity index (χ4n) is 3.23. The molecule has 4 heteroatoms. The van der Waals surface area contributed by atoms with Crippen LogP contribution in [0.1, 0.15) is 38.5 Å². The number of nitrogens with zero attached hydrogens (tertiary/aromatic N) is 2. The molecule has 1 aliphatic heterocycles. The minimum absolute atomic E-state index is 0.303. The van der Waals surface area contributed by atoms with Crippen molar-refractivity contribution in [2.45, 2.75) is 44.7 Å². The Kier molecular flexibility index (Phi) is 5.01. The van der Waals surface area contributed by atoms with E-state index in [0.717, 1.165) is 19.5 Å². The van der Waals surface area contributed by atoms with Gasteiger partial charge in [0, 0.05) is 6.54 Å². The largest absolute Gasteiger partial charge is 0.326 e. The van der Waals surface area contributed by atoms with Gasteiger partial charge in [0.15, 0.2) is 0 Å². The molecule has 0 aromatic rings. The number of carbonyl (C=O) groups is 1. The van der Waals surface area contributed by atoms with Crippen LogP contribution in [0.25, 0.3) is 0 Å². The zero-order valence-corrected chi connectivity index (χ0v) is 11.8. The Hall–Kier alpha value is -0.610. The summed E-state index contributed by atoms with van der Waals surface area (Å²) in [7, 11) is 4.20. The Bertz CT molecular complexity index is 274. The molecular formula is C14H27N3O. The zero-order chi connectivity index (χ0) is 13.0. The van der Waals surface area contributed by atoms with Gasteiger partial charge in [-0.1, -0.05) is 12.8 Å². The van der Waals surface area contributed by atoms with Crippen molar-refractivity contribution in [2.24, 2.45) is 5.92 Å². The van der Waals surface area contributed by atoms with E-state index >= 15 is 0 Å². The second-order valence-electron chi connectivity index (χ2n) is 5.97. The average molecular weight is 253 g/mol. The number of unbranched alkanes of at least 4 members (excludes halogenated alkanes) is 1. The highest BCUT2D eigenvalue weighted by molar-refractivity contribution is 5.80. The van der Waals surface area contributed by atoms with Crippen LogP contribution in [0.5, 0.6) is 0 Å². The fraction of sp³-hybridized carbons (Fsp3) is 0.929. The van der Waals surface area contributed by atoms with Gasteiger partial charge in [-0.15, -0.1) is 0 Å². The summed E-state index contributed by atoms with van der Waals surface area (Å²) in [4.78, 5) is 16.2. The molecule has 2 rings (SSSR count). The molecule has 0 spiro atoms. The molecule has 1 amide bonds. The maximum Gasteiger partial charge on any atom is 0.237 e. The number of nitrogens with one attached hydrogen (secondary N) is 1. The molecule has 2 fully saturated rings. The van der Waals surface area contributed by atoms with Gasteiger partial charge in [0.25, 0.3) is 0 Å². The average Bonchev–Trinajstić information content (AvgIpc) is 2.94. The molecule has 0 bridgehead atoms. The summed E-state index contributed by atoms with van der Waals surface area (Å²) >= 11 is 0. The quantitative estimate of drug-likeness (QED) is 0.724. The molecule has 2 aliphatic rings. The highest BCUT2D eigenvalue weighted by atomic mass is 16.2. The molecule has 1 unspecified atom stereocenters. The lowest BCUT2D eigenvalue weighted by molar-refractivity contribution is -0.128. The Labute approximate surface area is 111 Å². The topological polar surface area (TPSA) is 35.6 Å². The Balaban J connectivity index is 1.78. The predicted molar refractivity (Wildman–Crippen MR) is 73.2 cm³/mol. The predicted octanol–water partition coefficient (Wildman–Crippen LogP) is 1.28. The first kappa shape index (κ1) is 13.8. The lowest BCUT2D eigenvalue weighted by atomic mass is 10.0. The molecule has 104 valence electrons. The maximum atomic E-state index is 11.9. The van der Waals surface area contributed by atoms with E-state index in [4.69, 9.17) is 0 Å². The number of carbonyl (C=O) groups excluding carboxylic acids is 1. The zero-order valence-electron chi connectivity index (χ0n) is 11.8. The molecule has 4 nitrogen and oxygen atoms in total. The summed E-state index contributed by atoms with van der Waals surface area (Å²) in [5.74, 6) is 1.00. The molecule has 1 N–H and O–H groups in total. The van der Waals surface area contributed by atoms with Crippen molar-refractivity contribution in [3.8, 4) is 0 Å². The minimum atomic E-state index is 0.303. The number of hydrogen-bond acceptors (Lipinski definition) is 3. The van der Waals surface area contributed by atoms with Crippen molar-refractivity contribution < 1.29 is 4.79 Å². The molecule has 0 aromatic carbocycles. The molecule has 18 heavy (non-hydrogen) atoms. The molecule has 1 saturated carbocycles. The molecule has 0 aromatic heterocycles. The van der Waals surface area contributed by atoms with Crippen LogP contribution in [-0.4, -0.2) is 55.6 Å². The van der Waals surface area contributed by atoms with Gasteiger partial charge in [-0.05, 0) is 52.2 Å². The smallest absolute Gasteiger partial charge is 0.237 e. The van der Waals surface area contributed by atoms with Gasteiger partial charge in [0.1, 0.15) is 0 Å². The Morgan fingerprint density at radius 1 is 1.28 bits per heavy atom. The van der Waals surface area contributed by atoms with E-state index in [1.165, 1.54) is 32.1 Å². The standard InChI is InChI=1S/C14H27N3O/c1-16(2)9-5-6-10-17-13(18)11-15-14(17)12-7-3-4-8-12/h12,14-15H,3-11H2,1-2H3. The van der Waals surface area contributed by atoms with Crippen molar-refractivity contribution in [3.63, 3.8) is 0 Å². The highest BCUT2D eigenvalue weighted by Crippen LogP contribution is 2.30. The Morgan fingerprint density at radius 3 is 2.67 bits per heavy atom. The van der Waals surface area contributed by atoms with Gasteiger partial charge in [0.2, 0.25) is 5.91 Å². The lowest BCUT2D eigenvalue weighted by Crippen LogP contribution is -2.43. The van der Waals surface area contributed by atoms with Crippen molar-refractivity contribution in [1.29, 1.82) is 0 Å². The highest BCUT2D eigenvalue weighted by Gasteiger charge is 2.36. The van der Waals surface area contributed by atoms with Gasteiger partial charge in [-0.3, -0.25) is 10.1 Å². The molecule has 1 saturated heterocycles. The number of rotatable bonds is 6. The van der Waals surface area contributed by atoms with Gasteiger partial charge in [0.05, 0.1) is 12.7 Å². The first-order chi connectivity index (χ1) is 8.68. The van der Waals surface area contributed by atoms with Gasteiger partial charge < -0.3 is 9.80 Å². The second-order valence-corrected chi connectivity index (χ2v) is 5.97. The first-order valence-corrected chi connectivity index (χ1v) is 7.36. The molecule has 1 heterocycles. The van der Waals surface area contributed by atoms with E-state index in [0.29, 0.717) is 24.5 Å². The normalized spacial score (nSPS) is 25.6. The van der Waals surface area contributed by atoms with Crippen LogP contribution in [0.4, 0.5) is 0 Å². The van der Waals surface area contributed by atoms with Crippen LogP contribution >= 0.6 is 0 Å². The van der Waals surface area contributed by atoms with E-state index in [-0.39, 0.29) is 0 Å². The Morgan fingerprint density at radius 2 is 2.00 bits per heavy atom. The van der Waals surface area contributed by atoms with Crippen LogP contribution in [-0.2, 0) is 4.79 Å². The van der Waals surface area contributed by atoms with Crippen molar-refractivity contribution in [3.05, 3.63) is 0 Å². The van der Waals surface area contributed by atoms with Crippen molar-refractivity contribution in [1.82, 2.24) is 15.1 Å². The monoisotopic (exact) mass is 253 g/mol. The number of hydrogen-bond donors (Lipinski definition) is 1. The van der Waals surface area contributed by atoms with Crippen LogP contribution in [0, 0.1) is 5.92 Å². The van der Waals surface area contributed by atoms with Gasteiger partial charge >= 0.3 is 0 Å². The van der Waals surface area contributed by atoms with Crippen LogP contribution < -0.4 is 5.32 Å². The SMILES string of the molecule is CN(C)CCCCN1C(=O)CNC1C1CCCC1. The third kappa shape index (κ3) is 3.45. The summed E-state index contributed by atoms with van der Waals surface area (Å²) in [5.41, 5.74) is 0. The summed E-state index contributed by atoms with van der Waals surface area (Å²) in [6.45, 7) is 2.60. The van der Waals surface area contributed by atoms with Crippen LogP contribution in [0.3, 0.4) is 0 Å². The molecule has 1 atom stereocenters. The van der Waals surface area contributed by atoms with Gasteiger partial charge in [-0.25, -0.2) is 0 Å². The van der Waals surface area contributed by atoms with E-state index in [2.05, 4.69) is 29.2 Å². The first-order valence-electron chi connectivity index (χ1n) is 7.36. The van der Waals surface area contributed by atoms with Crippen LogP contribution in [0.2, 0.25) is 0 Å². The fourth-order valence-corrected chi connectivity index (χ4v) is 3.23. The van der Waals surface area contributed by atoms with E-state index < -0.39 is 0 Å². The third-order valence-corrected chi connectivity index (χ3v) is 4.22. The minimum Gasteiger partial charge on any atom is -0.326 e. The lowest BCUT2D eigenvalue weighted by Gasteiger charge is -2.29. The summed E-state index contributed by atoms with van der Waals surface area (Å²) < 4.78 is 0. The summed E-state index contributed by atoms with van der Waals surface area (Å²) in [5, 5.41) is 3.41. The maximum absolute atomic E-state index is 11.9. The van der Waals surface area contributed by atoms with E-state index in [9.17, 15) is 4.79 Å². The van der Waals surface area contributed by atoms with Gasteiger partial charge in [-0.2, -0.15) is 0 Å². The van der Waals surface area contributed by atoms with E-state index in [1.54, 1.807) is 0 Å². The molecular weight excluding hydrogens is 226 g/mol. The van der Waals surface area contributed by atoms with E-state index in [1.807, 2.05) is 0 Å².